The molecule has 2 aromatic heterocycles. The van der Waals surface area contributed by atoms with E-state index in [1.807, 2.05) is 6.92 Å². The van der Waals surface area contributed by atoms with E-state index in [-0.39, 0.29) is 39.9 Å². The summed E-state index contributed by atoms with van der Waals surface area (Å²) in [6.07, 6.45) is 2.99. The lowest BCUT2D eigenvalue weighted by atomic mass is 10.1. The van der Waals surface area contributed by atoms with E-state index < -0.39 is 18.1 Å². The summed E-state index contributed by atoms with van der Waals surface area (Å²) >= 11 is 0. The van der Waals surface area contributed by atoms with Crippen LogP contribution in [-0.2, 0) is 11.3 Å². The smallest absolute Gasteiger partial charge is 0.387 e. The molecule has 1 aromatic carbocycles. The molecule has 0 fully saturated rings. The van der Waals surface area contributed by atoms with Crippen LogP contribution in [0.3, 0.4) is 0 Å². The van der Waals surface area contributed by atoms with Crippen molar-refractivity contribution in [3.8, 4) is 5.75 Å². The number of carbonyl (C=O) groups is 1. The maximum absolute atomic E-state index is 12.7. The first-order valence-electron chi connectivity index (χ1n) is 8.55. The molecule has 0 saturated heterocycles. The van der Waals surface area contributed by atoms with Crippen molar-refractivity contribution in [3.05, 3.63) is 34.2 Å². The van der Waals surface area contributed by atoms with Crippen LogP contribution in [-0.4, -0.2) is 29.0 Å². The van der Waals surface area contributed by atoms with Gasteiger partial charge in [-0.05, 0) is 25.5 Å². The van der Waals surface area contributed by atoms with E-state index in [4.69, 9.17) is 9.15 Å². The monoisotopic (exact) mass is 380 g/mol. The van der Waals surface area contributed by atoms with Crippen molar-refractivity contribution in [1.82, 2.24) is 9.78 Å². The first-order chi connectivity index (χ1) is 13.0. The SMILES string of the molecule is CCCCn1ncc2c(oc3c(OC(F)F)ccc(C(=O)OCC)c32)c1=O. The van der Waals surface area contributed by atoms with E-state index in [0.717, 1.165) is 12.8 Å². The lowest BCUT2D eigenvalue weighted by Crippen LogP contribution is -2.22. The average Bonchev–Trinajstić information content (AvgIpc) is 3.02. The maximum Gasteiger partial charge on any atom is 0.387 e. The number of aryl methyl sites for hydroxylation is 1. The zero-order chi connectivity index (χ0) is 19.6. The highest BCUT2D eigenvalue weighted by Crippen LogP contribution is 2.36. The normalized spacial score (nSPS) is 11.4. The van der Waals surface area contributed by atoms with Crippen LogP contribution in [0, 0.1) is 0 Å². The van der Waals surface area contributed by atoms with Crippen LogP contribution in [0.1, 0.15) is 37.0 Å². The highest BCUT2D eigenvalue weighted by atomic mass is 19.3. The fraction of sp³-hybridized carbons (Fsp3) is 0.389. The van der Waals surface area contributed by atoms with E-state index in [9.17, 15) is 18.4 Å². The minimum Gasteiger partial charge on any atom is -0.462 e. The van der Waals surface area contributed by atoms with Crippen molar-refractivity contribution in [3.63, 3.8) is 0 Å². The number of hydrogen-bond acceptors (Lipinski definition) is 6. The van der Waals surface area contributed by atoms with Gasteiger partial charge in [0.1, 0.15) is 0 Å². The Hall–Kier alpha value is -2.97. The second-order valence-electron chi connectivity index (χ2n) is 5.79. The number of alkyl halides is 2. The molecule has 0 amide bonds. The fourth-order valence-corrected chi connectivity index (χ4v) is 2.82. The van der Waals surface area contributed by atoms with Crippen LogP contribution in [0.5, 0.6) is 5.75 Å². The molecule has 0 atom stereocenters. The van der Waals surface area contributed by atoms with Gasteiger partial charge < -0.3 is 13.9 Å². The molecule has 0 N–H and O–H groups in total. The van der Waals surface area contributed by atoms with Gasteiger partial charge in [0.05, 0.1) is 23.8 Å². The number of aromatic nitrogens is 2. The van der Waals surface area contributed by atoms with Gasteiger partial charge in [-0.15, -0.1) is 0 Å². The number of rotatable bonds is 7. The number of hydrogen-bond donors (Lipinski definition) is 0. The summed E-state index contributed by atoms with van der Waals surface area (Å²) in [5.74, 6) is -0.937. The lowest BCUT2D eigenvalue weighted by molar-refractivity contribution is -0.0493. The van der Waals surface area contributed by atoms with Crippen LogP contribution < -0.4 is 10.3 Å². The van der Waals surface area contributed by atoms with Crippen molar-refractivity contribution >= 4 is 27.9 Å². The largest absolute Gasteiger partial charge is 0.462 e. The van der Waals surface area contributed by atoms with Gasteiger partial charge in [-0.1, -0.05) is 13.3 Å². The van der Waals surface area contributed by atoms with E-state index in [0.29, 0.717) is 6.54 Å². The molecule has 0 saturated carbocycles. The summed E-state index contributed by atoms with van der Waals surface area (Å²) in [6, 6.07) is 2.49. The summed E-state index contributed by atoms with van der Waals surface area (Å²) in [5.41, 5.74) is -0.621. The molecule has 0 aliphatic rings. The van der Waals surface area contributed by atoms with E-state index in [1.54, 1.807) is 6.92 Å². The third-order valence-corrected chi connectivity index (χ3v) is 4.03. The number of fused-ring (bicyclic) bond motifs is 3. The number of carbonyl (C=O) groups excluding carboxylic acids is 1. The summed E-state index contributed by atoms with van der Waals surface area (Å²) < 4.78 is 41.8. The summed E-state index contributed by atoms with van der Waals surface area (Å²) in [4.78, 5) is 24.9. The number of furan rings is 1. The Bertz CT molecular complexity index is 1040. The average molecular weight is 380 g/mol. The topological polar surface area (TPSA) is 83.6 Å². The van der Waals surface area contributed by atoms with E-state index in [2.05, 4.69) is 9.84 Å². The van der Waals surface area contributed by atoms with Gasteiger partial charge in [-0.2, -0.15) is 13.9 Å². The molecule has 0 spiro atoms. The number of nitrogens with zero attached hydrogens (tertiary/aromatic N) is 2. The minimum atomic E-state index is -3.09. The summed E-state index contributed by atoms with van der Waals surface area (Å²) in [5, 5.41) is 4.51. The van der Waals surface area contributed by atoms with Crippen molar-refractivity contribution in [2.24, 2.45) is 0 Å². The van der Waals surface area contributed by atoms with Gasteiger partial charge in [0.2, 0.25) is 5.58 Å². The van der Waals surface area contributed by atoms with Gasteiger partial charge in [-0.25, -0.2) is 9.48 Å². The zero-order valence-electron chi connectivity index (χ0n) is 14.8. The maximum atomic E-state index is 12.7. The van der Waals surface area contributed by atoms with Gasteiger partial charge in [0, 0.05) is 11.9 Å². The van der Waals surface area contributed by atoms with Crippen molar-refractivity contribution in [2.75, 3.05) is 6.61 Å². The Morgan fingerprint density at radius 3 is 2.74 bits per heavy atom. The molecule has 7 nitrogen and oxygen atoms in total. The van der Waals surface area contributed by atoms with Gasteiger partial charge in [-0.3, -0.25) is 4.79 Å². The number of unbranched alkanes of at least 4 members (excludes halogenated alkanes) is 1. The number of halogens is 2. The Morgan fingerprint density at radius 2 is 2.07 bits per heavy atom. The number of esters is 1. The molecule has 9 heteroatoms. The second kappa shape index (κ2) is 7.73. The van der Waals surface area contributed by atoms with Gasteiger partial charge >= 0.3 is 18.1 Å². The molecule has 3 rings (SSSR count). The van der Waals surface area contributed by atoms with Crippen LogP contribution in [0.15, 0.2) is 27.5 Å². The van der Waals surface area contributed by atoms with Crippen LogP contribution >= 0.6 is 0 Å². The Balaban J connectivity index is 2.30. The molecule has 0 aliphatic carbocycles. The number of ether oxygens (including phenoxy) is 2. The summed E-state index contributed by atoms with van der Waals surface area (Å²) in [7, 11) is 0. The zero-order valence-corrected chi connectivity index (χ0v) is 14.8. The van der Waals surface area contributed by atoms with Gasteiger partial charge in [0.25, 0.3) is 0 Å². The standard InChI is InChI=1S/C18H18F2N2O5/c1-3-5-8-22-16(23)14-11(9-21-22)13-10(17(24)25-4-2)6-7-12(15(13)27-14)26-18(19)20/h6-7,9,18H,3-5,8H2,1-2H3. The first kappa shape index (κ1) is 18.8. The van der Waals surface area contributed by atoms with E-state index >= 15 is 0 Å². The predicted octanol–water partition coefficient (Wildman–Crippen LogP) is 3.72. The molecule has 2 heterocycles. The Morgan fingerprint density at radius 1 is 1.30 bits per heavy atom. The van der Waals surface area contributed by atoms with E-state index in [1.165, 1.54) is 23.0 Å². The first-order valence-corrected chi connectivity index (χ1v) is 8.55. The van der Waals surface area contributed by atoms with Crippen molar-refractivity contribution in [1.29, 1.82) is 0 Å². The molecule has 0 unspecified atom stereocenters. The molecular weight excluding hydrogens is 362 g/mol. The molecule has 3 aromatic rings. The Labute approximate surface area is 152 Å². The third-order valence-electron chi connectivity index (χ3n) is 4.03. The van der Waals surface area contributed by atoms with Crippen molar-refractivity contribution in [2.45, 2.75) is 39.8 Å². The fourth-order valence-electron chi connectivity index (χ4n) is 2.82. The molecule has 27 heavy (non-hydrogen) atoms. The third kappa shape index (κ3) is 3.49. The highest BCUT2D eigenvalue weighted by Gasteiger charge is 2.24. The molecule has 0 bridgehead atoms. The second-order valence-corrected chi connectivity index (χ2v) is 5.79. The molecule has 0 aliphatic heterocycles. The van der Waals surface area contributed by atoms with Gasteiger partial charge in [0.15, 0.2) is 11.3 Å². The Kier molecular flexibility index (Phi) is 5.38. The van der Waals surface area contributed by atoms with Crippen molar-refractivity contribution < 1.29 is 27.5 Å². The quantitative estimate of drug-likeness (QED) is 0.581. The molecular formula is C18H18F2N2O5. The summed E-state index contributed by atoms with van der Waals surface area (Å²) in [6.45, 7) is 1.06. The number of benzene rings is 1. The predicted molar refractivity (Wildman–Crippen MR) is 93.3 cm³/mol. The highest BCUT2D eigenvalue weighted by molar-refractivity contribution is 6.16. The molecule has 0 radical (unpaired) electrons. The minimum absolute atomic E-state index is 0.0769. The van der Waals surface area contributed by atoms with Crippen LogP contribution in [0.4, 0.5) is 8.78 Å². The van der Waals surface area contributed by atoms with Crippen LogP contribution in [0.25, 0.3) is 21.9 Å². The lowest BCUT2D eigenvalue weighted by Gasteiger charge is -2.07. The molecule has 144 valence electrons. The van der Waals surface area contributed by atoms with Crippen LogP contribution in [0.2, 0.25) is 0 Å².